The molecule has 0 heterocycles. The summed E-state index contributed by atoms with van der Waals surface area (Å²) in [5.41, 5.74) is 2.00. The molecule has 5 heteroatoms. The first kappa shape index (κ1) is 16.5. The van der Waals surface area contributed by atoms with E-state index >= 15 is 0 Å². The molecule has 0 amide bonds. The summed E-state index contributed by atoms with van der Waals surface area (Å²) in [7, 11) is 1.63. The molecule has 23 heavy (non-hydrogen) atoms. The Bertz CT molecular complexity index is 740. The Balaban J connectivity index is 2.14. The maximum atomic E-state index is 9.14. The van der Waals surface area contributed by atoms with Crippen LogP contribution < -0.4 is 10.1 Å². The van der Waals surface area contributed by atoms with Crippen LogP contribution in [-0.4, -0.2) is 7.11 Å². The van der Waals surface area contributed by atoms with E-state index in [1.54, 1.807) is 7.11 Å². The number of nitriles is 2. The maximum absolute atomic E-state index is 9.14. The smallest absolute Gasteiger partial charge is 0.159 e. The van der Waals surface area contributed by atoms with Gasteiger partial charge >= 0.3 is 0 Å². The fraction of sp³-hybridized carbons (Fsp3) is 0.111. The van der Waals surface area contributed by atoms with Gasteiger partial charge in [0.1, 0.15) is 22.9 Å². The van der Waals surface area contributed by atoms with Crippen molar-refractivity contribution >= 4 is 17.4 Å². The number of nitrogens with one attached hydrogen (secondary N) is 1. The third kappa shape index (κ3) is 4.81. The van der Waals surface area contributed by atoms with Gasteiger partial charge in [-0.25, -0.2) is 0 Å². The number of nitrogens with zero attached hydrogens (tertiary/aromatic N) is 2. The first-order valence-electron chi connectivity index (χ1n) is 6.89. The second kappa shape index (κ2) is 8.53. The van der Waals surface area contributed by atoms with Crippen molar-refractivity contribution in [1.82, 2.24) is 0 Å². The van der Waals surface area contributed by atoms with Crippen molar-refractivity contribution in [1.29, 1.82) is 10.5 Å². The molecule has 0 unspecified atom stereocenters. The van der Waals surface area contributed by atoms with Gasteiger partial charge in [0.2, 0.25) is 0 Å². The standard InChI is InChI=1S/C18H15N3OS/c1-22-17-9-7-14(8-10-17)13-23-18(15(11-19)12-20)21-16-5-3-2-4-6-16/h2-10,21H,13H2,1H3. The number of allylic oxidation sites excluding steroid dienone is 1. The highest BCUT2D eigenvalue weighted by Gasteiger charge is 2.08. The molecular weight excluding hydrogens is 306 g/mol. The summed E-state index contributed by atoms with van der Waals surface area (Å²) in [6.45, 7) is 0. The van der Waals surface area contributed by atoms with Crippen LogP contribution >= 0.6 is 11.8 Å². The lowest BCUT2D eigenvalue weighted by molar-refractivity contribution is 0.414. The van der Waals surface area contributed by atoms with E-state index in [4.69, 9.17) is 15.3 Å². The number of rotatable bonds is 6. The van der Waals surface area contributed by atoms with Crippen molar-refractivity contribution in [2.75, 3.05) is 12.4 Å². The van der Waals surface area contributed by atoms with Crippen LogP contribution in [0.5, 0.6) is 5.75 Å². The molecule has 0 atom stereocenters. The fourth-order valence-electron chi connectivity index (χ4n) is 1.83. The van der Waals surface area contributed by atoms with Crippen LogP contribution in [0.4, 0.5) is 5.69 Å². The second-order valence-corrected chi connectivity index (χ2v) is 5.54. The van der Waals surface area contributed by atoms with Crippen molar-refractivity contribution in [3.63, 3.8) is 0 Å². The van der Waals surface area contributed by atoms with Crippen LogP contribution in [0, 0.1) is 22.7 Å². The number of thioether (sulfide) groups is 1. The SMILES string of the molecule is COc1ccc(CSC(Nc2ccccc2)=C(C#N)C#N)cc1. The molecule has 4 nitrogen and oxygen atoms in total. The van der Waals surface area contributed by atoms with Crippen molar-refractivity contribution in [2.45, 2.75) is 5.75 Å². The Hall–Kier alpha value is -2.89. The van der Waals surface area contributed by atoms with Gasteiger partial charge < -0.3 is 10.1 Å². The molecule has 0 aliphatic heterocycles. The average Bonchev–Trinajstić information content (AvgIpc) is 2.62. The van der Waals surface area contributed by atoms with Crippen LogP contribution in [0.2, 0.25) is 0 Å². The van der Waals surface area contributed by atoms with Gasteiger partial charge in [-0.15, -0.1) is 11.8 Å². The second-order valence-electron chi connectivity index (χ2n) is 4.56. The molecule has 0 spiro atoms. The summed E-state index contributed by atoms with van der Waals surface area (Å²) in [6.07, 6.45) is 0. The highest BCUT2D eigenvalue weighted by Crippen LogP contribution is 2.26. The molecule has 2 rings (SSSR count). The van der Waals surface area contributed by atoms with E-state index in [0.29, 0.717) is 10.8 Å². The van der Waals surface area contributed by atoms with E-state index < -0.39 is 0 Å². The zero-order chi connectivity index (χ0) is 16.5. The summed E-state index contributed by atoms with van der Waals surface area (Å²) >= 11 is 1.42. The maximum Gasteiger partial charge on any atom is 0.159 e. The zero-order valence-corrected chi connectivity index (χ0v) is 13.4. The van der Waals surface area contributed by atoms with Crippen molar-refractivity contribution in [2.24, 2.45) is 0 Å². The van der Waals surface area contributed by atoms with Gasteiger partial charge in [-0.2, -0.15) is 10.5 Å². The lowest BCUT2D eigenvalue weighted by Crippen LogP contribution is -2.00. The highest BCUT2D eigenvalue weighted by atomic mass is 32.2. The summed E-state index contributed by atoms with van der Waals surface area (Å²) in [4.78, 5) is 0. The Labute approximate surface area is 140 Å². The minimum absolute atomic E-state index is 0.0763. The van der Waals surface area contributed by atoms with E-state index in [1.165, 1.54) is 11.8 Å². The van der Waals surface area contributed by atoms with Gasteiger partial charge in [-0.05, 0) is 29.8 Å². The lowest BCUT2D eigenvalue weighted by atomic mass is 10.2. The summed E-state index contributed by atoms with van der Waals surface area (Å²) in [6, 6.07) is 21.1. The first-order valence-corrected chi connectivity index (χ1v) is 7.87. The minimum Gasteiger partial charge on any atom is -0.497 e. The predicted octanol–water partition coefficient (Wildman–Crippen LogP) is 4.30. The normalized spacial score (nSPS) is 9.35. The Morgan fingerprint density at radius 1 is 1.04 bits per heavy atom. The molecule has 0 saturated carbocycles. The molecule has 0 aliphatic carbocycles. The van der Waals surface area contributed by atoms with Crippen molar-refractivity contribution in [3.05, 3.63) is 70.8 Å². The molecule has 114 valence electrons. The highest BCUT2D eigenvalue weighted by molar-refractivity contribution is 8.02. The largest absolute Gasteiger partial charge is 0.497 e. The first-order chi connectivity index (χ1) is 11.3. The molecule has 0 saturated heterocycles. The number of methoxy groups -OCH3 is 1. The van der Waals surface area contributed by atoms with Crippen LogP contribution in [-0.2, 0) is 5.75 Å². The predicted molar refractivity (Wildman–Crippen MR) is 92.6 cm³/mol. The Morgan fingerprint density at radius 3 is 2.26 bits per heavy atom. The van der Waals surface area contributed by atoms with Gasteiger partial charge in [0, 0.05) is 11.4 Å². The number of hydrogen-bond acceptors (Lipinski definition) is 5. The molecule has 0 aliphatic rings. The third-order valence-corrected chi connectivity index (χ3v) is 4.10. The molecule has 0 radical (unpaired) electrons. The van der Waals surface area contributed by atoms with Gasteiger partial charge in [-0.1, -0.05) is 30.3 Å². The summed E-state index contributed by atoms with van der Waals surface area (Å²) < 4.78 is 5.13. The van der Waals surface area contributed by atoms with E-state index in [2.05, 4.69) is 5.32 Å². The topological polar surface area (TPSA) is 68.8 Å². The third-order valence-electron chi connectivity index (χ3n) is 3.02. The summed E-state index contributed by atoms with van der Waals surface area (Å²) in [5, 5.41) is 22.0. The number of para-hydroxylation sites is 1. The molecule has 2 aromatic carbocycles. The van der Waals surface area contributed by atoms with E-state index in [9.17, 15) is 0 Å². The fourth-order valence-corrected chi connectivity index (χ4v) is 2.76. The van der Waals surface area contributed by atoms with Crippen molar-refractivity contribution in [3.8, 4) is 17.9 Å². The van der Waals surface area contributed by atoms with Gasteiger partial charge in [-0.3, -0.25) is 0 Å². The average molecular weight is 321 g/mol. The Morgan fingerprint density at radius 2 is 1.70 bits per heavy atom. The number of hydrogen-bond donors (Lipinski definition) is 1. The number of ether oxygens (including phenoxy) is 1. The van der Waals surface area contributed by atoms with Crippen LogP contribution in [0.15, 0.2) is 65.2 Å². The zero-order valence-electron chi connectivity index (χ0n) is 12.6. The molecule has 1 N–H and O–H groups in total. The number of benzene rings is 2. The molecular formula is C18H15N3OS. The van der Waals surface area contributed by atoms with E-state index in [0.717, 1.165) is 17.0 Å². The lowest BCUT2D eigenvalue weighted by Gasteiger charge is -2.11. The summed E-state index contributed by atoms with van der Waals surface area (Å²) in [5.74, 6) is 1.44. The molecule has 0 aromatic heterocycles. The van der Waals surface area contributed by atoms with E-state index in [1.807, 2.05) is 66.7 Å². The van der Waals surface area contributed by atoms with Gasteiger partial charge in [0.15, 0.2) is 5.57 Å². The van der Waals surface area contributed by atoms with E-state index in [-0.39, 0.29) is 5.57 Å². The quantitative estimate of drug-likeness (QED) is 0.803. The minimum atomic E-state index is 0.0763. The van der Waals surface area contributed by atoms with Crippen LogP contribution in [0.3, 0.4) is 0 Å². The number of anilines is 1. The van der Waals surface area contributed by atoms with Crippen LogP contribution in [0.25, 0.3) is 0 Å². The van der Waals surface area contributed by atoms with Crippen LogP contribution in [0.1, 0.15) is 5.56 Å². The molecule has 2 aromatic rings. The van der Waals surface area contributed by atoms with Crippen molar-refractivity contribution < 1.29 is 4.74 Å². The Kier molecular flexibility index (Phi) is 6.11. The van der Waals surface area contributed by atoms with Gasteiger partial charge in [0.05, 0.1) is 7.11 Å². The molecule has 0 fully saturated rings. The van der Waals surface area contributed by atoms with Gasteiger partial charge in [0.25, 0.3) is 0 Å². The molecule has 0 bridgehead atoms. The monoisotopic (exact) mass is 321 g/mol.